The molecule has 3 aromatic rings. The molecule has 0 spiro atoms. The lowest BCUT2D eigenvalue weighted by atomic mass is 10.0. The van der Waals surface area contributed by atoms with Crippen molar-refractivity contribution in [2.45, 2.75) is 18.2 Å². The Bertz CT molecular complexity index is 1060. The molecule has 0 radical (unpaired) electrons. The highest BCUT2D eigenvalue weighted by atomic mass is 32.2. The van der Waals surface area contributed by atoms with E-state index in [1.165, 1.54) is 18.2 Å². The van der Waals surface area contributed by atoms with Gasteiger partial charge in [-0.2, -0.15) is 0 Å². The van der Waals surface area contributed by atoms with Gasteiger partial charge in [-0.3, -0.25) is 4.72 Å². The summed E-state index contributed by atoms with van der Waals surface area (Å²) in [6.45, 7) is 1.79. The van der Waals surface area contributed by atoms with Crippen LogP contribution in [0, 0.1) is 0 Å². The van der Waals surface area contributed by atoms with Crippen molar-refractivity contribution in [2.75, 3.05) is 4.72 Å². The molecule has 0 saturated carbocycles. The molecule has 0 unspecified atom stereocenters. The van der Waals surface area contributed by atoms with Gasteiger partial charge >= 0.3 is 5.97 Å². The third-order valence-electron chi connectivity index (χ3n) is 4.04. The lowest BCUT2D eigenvalue weighted by Gasteiger charge is -2.14. The van der Waals surface area contributed by atoms with Gasteiger partial charge in [0.1, 0.15) is 0 Å². The molecule has 25 heavy (non-hydrogen) atoms. The maximum Gasteiger partial charge on any atom is 0.336 e. The summed E-state index contributed by atoms with van der Waals surface area (Å²) in [5, 5.41) is 11.0. The molecule has 0 aliphatic rings. The monoisotopic (exact) mass is 355 g/mol. The van der Waals surface area contributed by atoms with E-state index in [9.17, 15) is 18.3 Å². The number of hydrogen-bond acceptors (Lipinski definition) is 3. The summed E-state index contributed by atoms with van der Waals surface area (Å²) in [6, 6.07) is 16.9. The van der Waals surface area contributed by atoms with Gasteiger partial charge in [-0.1, -0.05) is 43.3 Å². The number of sulfonamides is 1. The summed E-state index contributed by atoms with van der Waals surface area (Å²) >= 11 is 0. The molecular weight excluding hydrogens is 338 g/mol. The van der Waals surface area contributed by atoms with Gasteiger partial charge in [0, 0.05) is 0 Å². The topological polar surface area (TPSA) is 83.5 Å². The van der Waals surface area contributed by atoms with Crippen LogP contribution in [0.4, 0.5) is 5.69 Å². The Morgan fingerprint density at radius 3 is 2.40 bits per heavy atom. The highest BCUT2D eigenvalue weighted by molar-refractivity contribution is 7.92. The second-order valence-electron chi connectivity index (χ2n) is 5.60. The first kappa shape index (κ1) is 17.0. The van der Waals surface area contributed by atoms with Crippen molar-refractivity contribution in [3.8, 4) is 0 Å². The molecule has 0 amide bonds. The molecule has 3 aromatic carbocycles. The van der Waals surface area contributed by atoms with Crippen LogP contribution in [-0.4, -0.2) is 19.5 Å². The first-order valence-corrected chi connectivity index (χ1v) is 9.27. The van der Waals surface area contributed by atoms with Crippen molar-refractivity contribution in [1.29, 1.82) is 0 Å². The molecule has 6 heteroatoms. The summed E-state index contributed by atoms with van der Waals surface area (Å²) < 4.78 is 28.0. The Hall–Kier alpha value is -2.86. The number of carboxylic acids is 1. The van der Waals surface area contributed by atoms with Gasteiger partial charge < -0.3 is 5.11 Å². The zero-order valence-corrected chi connectivity index (χ0v) is 14.4. The van der Waals surface area contributed by atoms with Crippen LogP contribution in [0.25, 0.3) is 10.8 Å². The van der Waals surface area contributed by atoms with E-state index in [1.807, 2.05) is 24.3 Å². The van der Waals surface area contributed by atoms with Crippen molar-refractivity contribution in [1.82, 2.24) is 0 Å². The second-order valence-corrected chi connectivity index (χ2v) is 7.29. The van der Waals surface area contributed by atoms with Gasteiger partial charge in [-0.05, 0) is 47.0 Å². The van der Waals surface area contributed by atoms with Crippen LogP contribution in [-0.2, 0) is 16.4 Å². The van der Waals surface area contributed by atoms with E-state index < -0.39 is 16.0 Å². The number of carbonyl (C=O) groups is 1. The van der Waals surface area contributed by atoms with Gasteiger partial charge in [-0.15, -0.1) is 0 Å². The molecule has 0 saturated heterocycles. The molecule has 0 aliphatic heterocycles. The highest BCUT2D eigenvalue weighted by Gasteiger charge is 2.19. The maximum absolute atomic E-state index is 12.7. The minimum absolute atomic E-state index is 0.0983. The first-order valence-electron chi connectivity index (χ1n) is 7.79. The number of benzene rings is 3. The second kappa shape index (κ2) is 6.57. The predicted molar refractivity (Wildman–Crippen MR) is 97.5 cm³/mol. The lowest BCUT2D eigenvalue weighted by Crippen LogP contribution is -2.15. The van der Waals surface area contributed by atoms with Gasteiger partial charge in [0.15, 0.2) is 0 Å². The van der Waals surface area contributed by atoms with Crippen molar-refractivity contribution >= 4 is 32.5 Å². The summed E-state index contributed by atoms with van der Waals surface area (Å²) in [5.74, 6) is -1.08. The van der Waals surface area contributed by atoms with Crippen LogP contribution in [0.2, 0.25) is 0 Å². The average molecular weight is 355 g/mol. The summed E-state index contributed by atoms with van der Waals surface area (Å²) in [5.41, 5.74) is 0.844. The van der Waals surface area contributed by atoms with Crippen LogP contribution in [0.5, 0.6) is 0 Å². The summed E-state index contributed by atoms with van der Waals surface area (Å²) in [6.07, 6.45) is 0.401. The van der Waals surface area contributed by atoms with Crippen LogP contribution in [0.1, 0.15) is 22.8 Å². The molecule has 0 heterocycles. The van der Waals surface area contributed by atoms with Crippen molar-refractivity contribution in [3.63, 3.8) is 0 Å². The van der Waals surface area contributed by atoms with Crippen LogP contribution in [0.15, 0.2) is 65.6 Å². The fourth-order valence-electron chi connectivity index (χ4n) is 2.80. The smallest absolute Gasteiger partial charge is 0.336 e. The Kier molecular flexibility index (Phi) is 4.46. The Balaban J connectivity index is 2.04. The van der Waals surface area contributed by atoms with Gasteiger partial charge in [0.25, 0.3) is 10.0 Å². The molecule has 0 aromatic heterocycles. The number of rotatable bonds is 5. The highest BCUT2D eigenvalue weighted by Crippen LogP contribution is 2.25. The standard InChI is InChI=1S/C19H17NO4S/c1-2-16-17(19(21)22)8-5-9-18(16)20-25(23,24)15-11-10-13-6-3-4-7-14(13)12-15/h3-12,20H,2H2,1H3,(H,21,22). The fourth-order valence-corrected chi connectivity index (χ4v) is 3.93. The summed E-state index contributed by atoms with van der Waals surface area (Å²) in [7, 11) is -3.82. The van der Waals surface area contributed by atoms with E-state index in [0.29, 0.717) is 12.0 Å². The minimum atomic E-state index is -3.82. The number of anilines is 1. The quantitative estimate of drug-likeness (QED) is 0.727. The lowest BCUT2D eigenvalue weighted by molar-refractivity contribution is 0.0696. The van der Waals surface area contributed by atoms with E-state index in [0.717, 1.165) is 10.8 Å². The largest absolute Gasteiger partial charge is 0.478 e. The van der Waals surface area contributed by atoms with Crippen LogP contribution in [0.3, 0.4) is 0 Å². The normalized spacial score (nSPS) is 11.4. The van der Waals surface area contributed by atoms with Gasteiger partial charge in [0.2, 0.25) is 0 Å². The molecule has 3 rings (SSSR count). The Morgan fingerprint density at radius 1 is 1.00 bits per heavy atom. The molecule has 0 aliphatic carbocycles. The zero-order valence-electron chi connectivity index (χ0n) is 13.6. The predicted octanol–water partition coefficient (Wildman–Crippen LogP) is 3.90. The third-order valence-corrected chi connectivity index (χ3v) is 5.40. The van der Waals surface area contributed by atoms with Gasteiger partial charge in [0.05, 0.1) is 16.1 Å². The molecular formula is C19H17NO4S. The number of aromatic carboxylic acids is 1. The fraction of sp³-hybridized carbons (Fsp3) is 0.105. The number of nitrogens with one attached hydrogen (secondary N) is 1. The third kappa shape index (κ3) is 3.34. The van der Waals surface area contributed by atoms with E-state index in [1.54, 1.807) is 25.1 Å². The molecule has 128 valence electrons. The molecule has 0 atom stereocenters. The van der Waals surface area contributed by atoms with E-state index in [2.05, 4.69) is 4.72 Å². The van der Waals surface area contributed by atoms with E-state index >= 15 is 0 Å². The summed E-state index contributed by atoms with van der Waals surface area (Å²) in [4.78, 5) is 11.5. The van der Waals surface area contributed by atoms with Gasteiger partial charge in [-0.25, -0.2) is 13.2 Å². The molecule has 2 N–H and O–H groups in total. The number of fused-ring (bicyclic) bond motifs is 1. The van der Waals surface area contributed by atoms with Crippen LogP contribution < -0.4 is 4.72 Å². The first-order chi connectivity index (χ1) is 11.9. The van der Waals surface area contributed by atoms with Crippen molar-refractivity contribution in [3.05, 3.63) is 71.8 Å². The average Bonchev–Trinajstić information content (AvgIpc) is 2.60. The molecule has 0 bridgehead atoms. The maximum atomic E-state index is 12.7. The SMILES string of the molecule is CCc1c(NS(=O)(=O)c2ccc3ccccc3c2)cccc1C(=O)O. The van der Waals surface area contributed by atoms with Crippen LogP contribution >= 0.6 is 0 Å². The van der Waals surface area contributed by atoms with Crippen molar-refractivity contribution in [2.24, 2.45) is 0 Å². The Morgan fingerprint density at radius 2 is 1.72 bits per heavy atom. The van der Waals surface area contributed by atoms with Crippen molar-refractivity contribution < 1.29 is 18.3 Å². The number of hydrogen-bond donors (Lipinski definition) is 2. The van der Waals surface area contributed by atoms with E-state index in [4.69, 9.17) is 0 Å². The zero-order chi connectivity index (χ0) is 18.0. The Labute approximate surface area is 146 Å². The minimum Gasteiger partial charge on any atom is -0.478 e. The van der Waals surface area contributed by atoms with E-state index in [-0.39, 0.29) is 16.1 Å². The molecule has 0 fully saturated rings. The molecule has 5 nitrogen and oxygen atoms in total. The number of carboxylic acid groups (broad SMARTS) is 1.